The van der Waals surface area contributed by atoms with Crippen molar-refractivity contribution in [1.29, 1.82) is 0 Å². The zero-order valence-electron chi connectivity index (χ0n) is 17.0. The number of rotatable bonds is 6. The monoisotopic (exact) mass is 411 g/mol. The van der Waals surface area contributed by atoms with Crippen LogP contribution in [0.4, 0.5) is 5.95 Å². The number of nitrogens with one attached hydrogen (secondary N) is 2. The minimum atomic E-state index is -0.142. The van der Waals surface area contributed by atoms with E-state index >= 15 is 0 Å². The number of piperidine rings is 1. The van der Waals surface area contributed by atoms with Crippen molar-refractivity contribution in [2.75, 3.05) is 18.4 Å². The van der Waals surface area contributed by atoms with Gasteiger partial charge in [0, 0.05) is 31.2 Å². The first-order chi connectivity index (χ1) is 12.8. The lowest BCUT2D eigenvalue weighted by Gasteiger charge is -2.19. The zero-order valence-corrected chi connectivity index (χ0v) is 17.8. The van der Waals surface area contributed by atoms with Gasteiger partial charge in [0.25, 0.3) is 0 Å². The molecule has 10 heteroatoms. The summed E-state index contributed by atoms with van der Waals surface area (Å²) in [6.45, 7) is 8.07. The second-order valence-electron chi connectivity index (χ2n) is 8.10. The van der Waals surface area contributed by atoms with Crippen molar-refractivity contribution in [3.05, 3.63) is 17.5 Å². The van der Waals surface area contributed by atoms with Crippen LogP contribution in [0.3, 0.4) is 0 Å². The fraction of sp³-hybridized carbons (Fsp3) is 0.722. The van der Waals surface area contributed by atoms with E-state index < -0.39 is 0 Å². The summed E-state index contributed by atoms with van der Waals surface area (Å²) in [7, 11) is 1.81. The van der Waals surface area contributed by atoms with E-state index in [1.165, 1.54) is 0 Å². The molecule has 1 amide bonds. The zero-order chi connectivity index (χ0) is 19.4. The van der Waals surface area contributed by atoms with Crippen LogP contribution in [0.5, 0.6) is 0 Å². The molecule has 2 N–H and O–H groups in total. The van der Waals surface area contributed by atoms with E-state index in [-0.39, 0.29) is 23.7 Å². The van der Waals surface area contributed by atoms with Gasteiger partial charge in [-0.15, -0.1) is 12.4 Å². The van der Waals surface area contributed by atoms with Crippen LogP contribution in [0.15, 0.2) is 4.52 Å². The van der Waals surface area contributed by atoms with Gasteiger partial charge in [0.2, 0.25) is 17.7 Å². The van der Waals surface area contributed by atoms with Gasteiger partial charge in [-0.3, -0.25) is 10.1 Å². The molecule has 2 aromatic rings. The van der Waals surface area contributed by atoms with Crippen LogP contribution in [0.2, 0.25) is 0 Å². The van der Waals surface area contributed by atoms with Crippen LogP contribution in [0.1, 0.15) is 69.9 Å². The summed E-state index contributed by atoms with van der Waals surface area (Å²) in [5.41, 5.74) is -0.142. The fourth-order valence-electron chi connectivity index (χ4n) is 3.01. The molecule has 156 valence electrons. The van der Waals surface area contributed by atoms with Crippen LogP contribution in [-0.4, -0.2) is 43.9 Å². The molecule has 0 aromatic carbocycles. The molecule has 1 aliphatic rings. The molecule has 0 spiro atoms. The first kappa shape index (κ1) is 22.3. The summed E-state index contributed by atoms with van der Waals surface area (Å²) < 4.78 is 6.90. The van der Waals surface area contributed by atoms with Crippen LogP contribution in [0.25, 0.3) is 0 Å². The average Bonchev–Trinajstić information content (AvgIpc) is 3.23. The predicted molar refractivity (Wildman–Crippen MR) is 108 cm³/mol. The van der Waals surface area contributed by atoms with Crippen molar-refractivity contribution < 1.29 is 9.32 Å². The number of hydrogen-bond donors (Lipinski definition) is 2. The van der Waals surface area contributed by atoms with E-state index in [9.17, 15) is 4.79 Å². The Morgan fingerprint density at radius 3 is 2.64 bits per heavy atom. The Bertz CT molecular complexity index is 775. The molecule has 3 rings (SSSR count). The molecule has 1 saturated heterocycles. The SMILES string of the molecule is Cl.Cn1nc(C2CCNCC2)nc1NC(=O)CCCc1nc(C(C)(C)C)no1. The number of amides is 1. The predicted octanol–water partition coefficient (Wildman–Crippen LogP) is 2.35. The number of hydrogen-bond acceptors (Lipinski definition) is 7. The minimum absolute atomic E-state index is 0. The summed E-state index contributed by atoms with van der Waals surface area (Å²) in [5, 5.41) is 14.7. The first-order valence-electron chi connectivity index (χ1n) is 9.57. The second kappa shape index (κ2) is 9.47. The van der Waals surface area contributed by atoms with Crippen LogP contribution >= 0.6 is 12.4 Å². The first-order valence-corrected chi connectivity index (χ1v) is 9.57. The third-order valence-corrected chi connectivity index (χ3v) is 4.67. The van der Waals surface area contributed by atoms with E-state index in [2.05, 4.69) is 30.9 Å². The van der Waals surface area contributed by atoms with Crippen LogP contribution in [0, 0.1) is 0 Å². The molecule has 28 heavy (non-hydrogen) atoms. The van der Waals surface area contributed by atoms with E-state index in [1.807, 2.05) is 20.8 Å². The Labute approximate surface area is 171 Å². The molecule has 3 heterocycles. The number of carbonyl (C=O) groups is 1. The maximum Gasteiger partial charge on any atom is 0.227 e. The number of anilines is 1. The van der Waals surface area contributed by atoms with Gasteiger partial charge in [-0.1, -0.05) is 25.9 Å². The standard InChI is InChI=1S/C18H29N7O2.ClH/c1-18(2,3)16-21-14(27-24-16)7-5-6-13(26)20-17-22-15(23-25(17)4)12-8-10-19-11-9-12;/h12,19H,5-11H2,1-4H3,(H,20,22,23,26);1H. The van der Waals surface area contributed by atoms with Gasteiger partial charge in [0.05, 0.1) is 0 Å². The van der Waals surface area contributed by atoms with E-state index in [1.54, 1.807) is 11.7 Å². The quantitative estimate of drug-likeness (QED) is 0.750. The van der Waals surface area contributed by atoms with Crippen molar-refractivity contribution >= 4 is 24.3 Å². The van der Waals surface area contributed by atoms with E-state index in [0.29, 0.717) is 42.8 Å². The molecule has 0 bridgehead atoms. The third kappa shape index (κ3) is 5.75. The van der Waals surface area contributed by atoms with Crippen molar-refractivity contribution in [2.45, 2.75) is 64.2 Å². The molecule has 1 fully saturated rings. The Morgan fingerprint density at radius 2 is 2.00 bits per heavy atom. The molecule has 0 aliphatic carbocycles. The number of aromatic nitrogens is 5. The topological polar surface area (TPSA) is 111 Å². The lowest BCUT2D eigenvalue weighted by Crippen LogP contribution is -2.27. The summed E-state index contributed by atoms with van der Waals surface area (Å²) >= 11 is 0. The molecule has 0 atom stereocenters. The van der Waals surface area contributed by atoms with Gasteiger partial charge in [-0.2, -0.15) is 15.1 Å². The summed E-state index contributed by atoms with van der Waals surface area (Å²) in [6.07, 6.45) is 3.63. The number of aryl methyl sites for hydroxylation is 2. The normalized spacial score (nSPS) is 15.3. The third-order valence-electron chi connectivity index (χ3n) is 4.67. The van der Waals surface area contributed by atoms with Gasteiger partial charge < -0.3 is 9.84 Å². The number of nitrogens with zero attached hydrogens (tertiary/aromatic N) is 5. The van der Waals surface area contributed by atoms with Crippen molar-refractivity contribution in [3.63, 3.8) is 0 Å². The molecule has 0 saturated carbocycles. The Hall–Kier alpha value is -2.00. The van der Waals surface area contributed by atoms with Gasteiger partial charge in [0.15, 0.2) is 11.6 Å². The molecule has 9 nitrogen and oxygen atoms in total. The molecular formula is C18H30ClN7O2. The summed E-state index contributed by atoms with van der Waals surface area (Å²) in [4.78, 5) is 21.1. The molecule has 0 radical (unpaired) electrons. The number of halogens is 1. The van der Waals surface area contributed by atoms with E-state index in [0.717, 1.165) is 31.8 Å². The van der Waals surface area contributed by atoms with Crippen molar-refractivity contribution in [1.82, 2.24) is 30.2 Å². The Morgan fingerprint density at radius 1 is 1.29 bits per heavy atom. The fourth-order valence-corrected chi connectivity index (χ4v) is 3.01. The van der Waals surface area contributed by atoms with Crippen molar-refractivity contribution in [3.8, 4) is 0 Å². The van der Waals surface area contributed by atoms with Gasteiger partial charge >= 0.3 is 0 Å². The van der Waals surface area contributed by atoms with Crippen LogP contribution in [-0.2, 0) is 23.7 Å². The maximum absolute atomic E-state index is 12.2. The highest BCUT2D eigenvalue weighted by molar-refractivity contribution is 5.88. The van der Waals surface area contributed by atoms with Gasteiger partial charge in [-0.25, -0.2) is 4.68 Å². The lowest BCUT2D eigenvalue weighted by atomic mass is 9.96. The maximum atomic E-state index is 12.2. The second-order valence-corrected chi connectivity index (χ2v) is 8.10. The molecule has 0 unspecified atom stereocenters. The Balaban J connectivity index is 0.00000280. The summed E-state index contributed by atoms with van der Waals surface area (Å²) in [6, 6.07) is 0. The molecular weight excluding hydrogens is 382 g/mol. The number of carbonyl (C=O) groups excluding carboxylic acids is 1. The molecule has 1 aliphatic heterocycles. The average molecular weight is 412 g/mol. The minimum Gasteiger partial charge on any atom is -0.339 e. The van der Waals surface area contributed by atoms with Gasteiger partial charge in [-0.05, 0) is 32.4 Å². The molecule has 2 aromatic heterocycles. The Kier molecular flexibility index (Phi) is 7.54. The largest absolute Gasteiger partial charge is 0.339 e. The van der Waals surface area contributed by atoms with E-state index in [4.69, 9.17) is 4.52 Å². The lowest BCUT2D eigenvalue weighted by molar-refractivity contribution is -0.116. The highest BCUT2D eigenvalue weighted by atomic mass is 35.5. The smallest absolute Gasteiger partial charge is 0.227 e. The highest BCUT2D eigenvalue weighted by Crippen LogP contribution is 2.23. The van der Waals surface area contributed by atoms with Gasteiger partial charge in [0.1, 0.15) is 0 Å². The van der Waals surface area contributed by atoms with Crippen molar-refractivity contribution in [2.24, 2.45) is 7.05 Å². The highest BCUT2D eigenvalue weighted by Gasteiger charge is 2.22. The summed E-state index contributed by atoms with van der Waals surface area (Å²) in [5.74, 6) is 2.85. The van der Waals surface area contributed by atoms with Crippen LogP contribution < -0.4 is 10.6 Å².